The van der Waals surface area contributed by atoms with Crippen LogP contribution in [0.4, 0.5) is 0 Å². The average Bonchev–Trinajstić information content (AvgIpc) is 2.47. The summed E-state index contributed by atoms with van der Waals surface area (Å²) in [4.78, 5) is 15.2. The van der Waals surface area contributed by atoms with Crippen LogP contribution in [-0.2, 0) is 4.79 Å². The van der Waals surface area contributed by atoms with Crippen LogP contribution in [0.25, 0.3) is 0 Å². The van der Waals surface area contributed by atoms with Crippen molar-refractivity contribution in [2.45, 2.75) is 64.0 Å². The van der Waals surface area contributed by atoms with E-state index in [4.69, 9.17) is 18.0 Å². The van der Waals surface area contributed by atoms with Crippen molar-refractivity contribution in [1.29, 1.82) is 0 Å². The van der Waals surface area contributed by atoms with Gasteiger partial charge in [-0.2, -0.15) is 0 Å². The van der Waals surface area contributed by atoms with Crippen LogP contribution in [0.2, 0.25) is 0 Å². The number of nitrogens with zero attached hydrogens (tertiary/aromatic N) is 1. The third kappa shape index (κ3) is 4.16. The zero-order valence-electron chi connectivity index (χ0n) is 12.4. The summed E-state index contributed by atoms with van der Waals surface area (Å²) in [5.74, 6) is 0.542. The Balaban J connectivity index is 1.77. The first kappa shape index (κ1) is 15.7. The minimum absolute atomic E-state index is 0.0378. The van der Waals surface area contributed by atoms with Crippen molar-refractivity contribution in [2.24, 2.45) is 11.7 Å². The van der Waals surface area contributed by atoms with Crippen molar-refractivity contribution in [2.75, 3.05) is 13.1 Å². The second-order valence-electron chi connectivity index (χ2n) is 6.23. The third-order valence-electron chi connectivity index (χ3n) is 4.81. The molecule has 0 spiro atoms. The van der Waals surface area contributed by atoms with Gasteiger partial charge in [0.1, 0.15) is 0 Å². The molecule has 1 aliphatic heterocycles. The summed E-state index contributed by atoms with van der Waals surface area (Å²) in [6.07, 6.45) is 8.06. The molecule has 3 N–H and O–H groups in total. The van der Waals surface area contributed by atoms with Gasteiger partial charge in [-0.1, -0.05) is 31.5 Å². The van der Waals surface area contributed by atoms with Crippen LogP contribution in [0.5, 0.6) is 0 Å². The molecule has 1 amide bonds. The number of nitrogens with one attached hydrogen (secondary N) is 1. The van der Waals surface area contributed by atoms with Gasteiger partial charge in [-0.25, -0.2) is 0 Å². The average molecular weight is 297 g/mol. The molecule has 1 atom stereocenters. The Labute approximate surface area is 127 Å². The molecule has 1 saturated carbocycles. The molecule has 2 rings (SSSR count). The number of likely N-dealkylation sites (tertiary alicyclic amines) is 1. The second kappa shape index (κ2) is 7.36. The maximum Gasteiger partial charge on any atom is 0.237 e. The lowest BCUT2D eigenvalue weighted by Crippen LogP contribution is -2.51. The van der Waals surface area contributed by atoms with E-state index in [-0.39, 0.29) is 11.9 Å². The van der Waals surface area contributed by atoms with Gasteiger partial charge in [0.2, 0.25) is 5.91 Å². The summed E-state index contributed by atoms with van der Waals surface area (Å²) in [7, 11) is 0. The fourth-order valence-electron chi connectivity index (χ4n) is 3.31. The molecule has 4 nitrogen and oxygen atoms in total. The monoisotopic (exact) mass is 297 g/mol. The van der Waals surface area contributed by atoms with Gasteiger partial charge < -0.3 is 11.1 Å². The highest BCUT2D eigenvalue weighted by Gasteiger charge is 2.28. The molecule has 5 heteroatoms. The molecule has 1 unspecified atom stereocenters. The fourth-order valence-corrected chi connectivity index (χ4v) is 3.54. The summed E-state index contributed by atoms with van der Waals surface area (Å²) in [5.41, 5.74) is 5.71. The predicted molar refractivity (Wildman–Crippen MR) is 85.6 cm³/mol. The van der Waals surface area contributed by atoms with E-state index >= 15 is 0 Å². The number of carbonyl (C=O) groups is 1. The number of amides is 1. The number of rotatable bonds is 4. The Kier molecular flexibility index (Phi) is 5.78. The molecule has 0 radical (unpaired) electrons. The molecule has 0 aromatic carbocycles. The Hall–Kier alpha value is -0.680. The van der Waals surface area contributed by atoms with Crippen molar-refractivity contribution < 1.29 is 4.79 Å². The summed E-state index contributed by atoms with van der Waals surface area (Å²) in [6, 6.07) is 0.358. The molecule has 0 aromatic heterocycles. The first-order chi connectivity index (χ1) is 9.58. The van der Waals surface area contributed by atoms with Gasteiger partial charge in [0.25, 0.3) is 0 Å². The van der Waals surface area contributed by atoms with Gasteiger partial charge in [-0.15, -0.1) is 0 Å². The van der Waals surface area contributed by atoms with Crippen molar-refractivity contribution >= 4 is 23.1 Å². The molecule has 1 saturated heterocycles. The van der Waals surface area contributed by atoms with Gasteiger partial charge in [-0.05, 0) is 45.7 Å². The summed E-state index contributed by atoms with van der Waals surface area (Å²) < 4.78 is 0. The smallest absolute Gasteiger partial charge is 0.237 e. The van der Waals surface area contributed by atoms with E-state index in [1.165, 1.54) is 19.3 Å². The predicted octanol–water partition coefficient (Wildman–Crippen LogP) is 1.82. The van der Waals surface area contributed by atoms with Crippen LogP contribution in [0.1, 0.15) is 51.9 Å². The SMILES string of the molecule is CC(C(=O)NC1CCCCC1)N1CCC(C(N)=S)CC1. The zero-order valence-corrected chi connectivity index (χ0v) is 13.3. The minimum Gasteiger partial charge on any atom is -0.393 e. The molecule has 0 aromatic rings. The van der Waals surface area contributed by atoms with Crippen LogP contribution in [0, 0.1) is 5.92 Å². The summed E-state index contributed by atoms with van der Waals surface area (Å²) in [6.45, 7) is 3.85. The normalized spacial score (nSPS) is 24.2. The number of hydrogen-bond acceptors (Lipinski definition) is 3. The molecule has 1 heterocycles. The molecule has 1 aliphatic carbocycles. The molecule has 0 bridgehead atoms. The van der Waals surface area contributed by atoms with Gasteiger partial charge in [0.15, 0.2) is 0 Å². The maximum absolute atomic E-state index is 12.3. The van der Waals surface area contributed by atoms with E-state index in [2.05, 4.69) is 10.2 Å². The Morgan fingerprint density at radius 3 is 2.35 bits per heavy atom. The Morgan fingerprint density at radius 1 is 1.20 bits per heavy atom. The van der Waals surface area contributed by atoms with Gasteiger partial charge in [0, 0.05) is 12.0 Å². The highest BCUT2D eigenvalue weighted by molar-refractivity contribution is 7.80. The highest BCUT2D eigenvalue weighted by Crippen LogP contribution is 2.20. The highest BCUT2D eigenvalue weighted by atomic mass is 32.1. The number of hydrogen-bond donors (Lipinski definition) is 2. The van der Waals surface area contributed by atoms with Crippen LogP contribution in [0.3, 0.4) is 0 Å². The van der Waals surface area contributed by atoms with E-state index in [1.807, 2.05) is 6.92 Å². The first-order valence-electron chi connectivity index (χ1n) is 7.91. The maximum atomic E-state index is 12.3. The number of nitrogens with two attached hydrogens (primary N) is 1. The van der Waals surface area contributed by atoms with Crippen molar-refractivity contribution in [1.82, 2.24) is 10.2 Å². The second-order valence-corrected chi connectivity index (χ2v) is 6.70. The number of piperidine rings is 1. The van der Waals surface area contributed by atoms with Crippen LogP contribution in [-0.4, -0.2) is 41.0 Å². The van der Waals surface area contributed by atoms with Gasteiger partial charge >= 0.3 is 0 Å². The first-order valence-corrected chi connectivity index (χ1v) is 8.32. The topological polar surface area (TPSA) is 58.4 Å². The fraction of sp³-hybridized carbons (Fsp3) is 0.867. The van der Waals surface area contributed by atoms with Crippen LogP contribution >= 0.6 is 12.2 Å². The number of carbonyl (C=O) groups excluding carboxylic acids is 1. The third-order valence-corrected chi connectivity index (χ3v) is 5.14. The largest absolute Gasteiger partial charge is 0.393 e. The van der Waals surface area contributed by atoms with Crippen molar-refractivity contribution in [3.63, 3.8) is 0 Å². The van der Waals surface area contributed by atoms with Crippen LogP contribution in [0.15, 0.2) is 0 Å². The summed E-state index contributed by atoms with van der Waals surface area (Å²) >= 11 is 5.06. The standard InChI is InChI=1S/C15H27N3OS/c1-11(15(19)17-13-5-3-2-4-6-13)18-9-7-12(8-10-18)14(16)20/h11-13H,2-10H2,1H3,(H2,16,20)(H,17,19). The van der Waals surface area contributed by atoms with Crippen molar-refractivity contribution in [3.05, 3.63) is 0 Å². The minimum atomic E-state index is -0.0378. The van der Waals surface area contributed by atoms with E-state index < -0.39 is 0 Å². The Bertz CT molecular complexity index is 347. The van der Waals surface area contributed by atoms with E-state index in [1.54, 1.807) is 0 Å². The van der Waals surface area contributed by atoms with Crippen molar-refractivity contribution in [3.8, 4) is 0 Å². The van der Waals surface area contributed by atoms with Gasteiger partial charge in [-0.3, -0.25) is 9.69 Å². The lowest BCUT2D eigenvalue weighted by molar-refractivity contribution is -0.127. The molecule has 2 aliphatic rings. The van der Waals surface area contributed by atoms with E-state index in [0.29, 0.717) is 16.9 Å². The van der Waals surface area contributed by atoms with Gasteiger partial charge in [0.05, 0.1) is 11.0 Å². The summed E-state index contributed by atoms with van der Waals surface area (Å²) in [5, 5.41) is 3.22. The lowest BCUT2D eigenvalue weighted by atomic mass is 9.94. The molecule has 20 heavy (non-hydrogen) atoms. The molecule has 2 fully saturated rings. The molecule has 114 valence electrons. The zero-order chi connectivity index (χ0) is 14.5. The van der Waals surface area contributed by atoms with E-state index in [9.17, 15) is 4.79 Å². The molecular formula is C15H27N3OS. The lowest BCUT2D eigenvalue weighted by Gasteiger charge is -2.35. The van der Waals surface area contributed by atoms with E-state index in [0.717, 1.165) is 38.8 Å². The number of thiocarbonyl (C=S) groups is 1. The Morgan fingerprint density at radius 2 is 1.80 bits per heavy atom. The quantitative estimate of drug-likeness (QED) is 0.777. The molecular weight excluding hydrogens is 270 g/mol. The van der Waals surface area contributed by atoms with Crippen LogP contribution < -0.4 is 11.1 Å².